The fourth-order valence-corrected chi connectivity index (χ4v) is 10.6. The molecule has 5 saturated carbocycles. The predicted molar refractivity (Wildman–Crippen MR) is 116 cm³/mol. The number of rotatable bonds is 5. The van der Waals surface area contributed by atoms with Crippen molar-refractivity contribution in [1.29, 1.82) is 0 Å². The zero-order chi connectivity index (χ0) is 22.6. The normalized spacial score (nSPS) is 57.5. The second-order valence-corrected chi connectivity index (χ2v) is 11.8. The standard InChI is InChI=1S/C25H39NO6/c1-5-26-11-23(12-32-13(2)27)7-6-19(31-4)25-15-8-14-17(30-3)10-24(29,20(15)21(14)28)16(22(25)26)9-18(23)25/h14-22,28-29H,5-12H2,1-4H3/t14-,15-,16+,17+,18-,19+,20-,21+,22+,23+,24+,25-/m1/s1. The van der Waals surface area contributed by atoms with Crippen LogP contribution in [0.25, 0.3) is 0 Å². The number of hydrogen-bond acceptors (Lipinski definition) is 7. The van der Waals surface area contributed by atoms with Gasteiger partial charge in [0, 0.05) is 68.7 Å². The van der Waals surface area contributed by atoms with Gasteiger partial charge in [0.1, 0.15) is 0 Å². The number of aliphatic hydroxyl groups is 2. The lowest BCUT2D eigenvalue weighted by Crippen LogP contribution is -2.76. The number of likely N-dealkylation sites (tertiary alicyclic amines) is 1. The van der Waals surface area contributed by atoms with Gasteiger partial charge in [0.25, 0.3) is 0 Å². The van der Waals surface area contributed by atoms with E-state index in [1.165, 1.54) is 6.92 Å². The summed E-state index contributed by atoms with van der Waals surface area (Å²) in [4.78, 5) is 14.4. The van der Waals surface area contributed by atoms with Crippen LogP contribution in [0.5, 0.6) is 0 Å². The van der Waals surface area contributed by atoms with E-state index in [0.29, 0.717) is 18.9 Å². The highest BCUT2D eigenvalue weighted by atomic mass is 16.5. The Kier molecular flexibility index (Phi) is 4.70. The Bertz CT molecular complexity index is 807. The summed E-state index contributed by atoms with van der Waals surface area (Å²) >= 11 is 0. The van der Waals surface area contributed by atoms with E-state index >= 15 is 0 Å². The van der Waals surface area contributed by atoms with Gasteiger partial charge in [0.05, 0.1) is 30.5 Å². The van der Waals surface area contributed by atoms with Crippen molar-refractivity contribution in [2.75, 3.05) is 33.9 Å². The van der Waals surface area contributed by atoms with Crippen molar-refractivity contribution in [3.05, 3.63) is 0 Å². The lowest BCUT2D eigenvalue weighted by atomic mass is 9.43. The molecule has 1 heterocycles. The van der Waals surface area contributed by atoms with Crippen molar-refractivity contribution >= 4 is 5.97 Å². The van der Waals surface area contributed by atoms with E-state index in [0.717, 1.165) is 38.8 Å². The van der Waals surface area contributed by atoms with Crippen LogP contribution in [0, 0.1) is 40.4 Å². The van der Waals surface area contributed by atoms with Gasteiger partial charge in [0.15, 0.2) is 0 Å². The molecule has 7 bridgehead atoms. The quantitative estimate of drug-likeness (QED) is 0.614. The molecular weight excluding hydrogens is 410 g/mol. The first kappa shape index (κ1) is 21.8. The number of methoxy groups -OCH3 is 2. The second-order valence-electron chi connectivity index (χ2n) is 11.8. The molecule has 6 rings (SSSR count). The van der Waals surface area contributed by atoms with Gasteiger partial charge < -0.3 is 24.4 Å². The van der Waals surface area contributed by atoms with E-state index in [2.05, 4.69) is 11.8 Å². The highest BCUT2D eigenvalue weighted by molar-refractivity contribution is 5.66. The molecule has 6 fully saturated rings. The Morgan fingerprint density at radius 2 is 1.97 bits per heavy atom. The number of piperidine rings is 1. The SMILES string of the molecule is CCN1C[C@]2(COC(C)=O)CC[C@H](OC)[C@@]34[C@@H]5C[C@H]6[C@H](O)[C@@H]5[C@](O)(C[C@@H]6OC)[C@@H](C[C@H]23)[C@H]14. The van der Waals surface area contributed by atoms with Crippen LogP contribution in [0.15, 0.2) is 0 Å². The Hall–Kier alpha value is -0.730. The lowest BCUT2D eigenvalue weighted by Gasteiger charge is -2.69. The van der Waals surface area contributed by atoms with Crippen LogP contribution >= 0.6 is 0 Å². The predicted octanol–water partition coefficient (Wildman–Crippen LogP) is 1.45. The van der Waals surface area contributed by atoms with Crippen LogP contribution in [0.1, 0.15) is 46.0 Å². The molecule has 2 N–H and O–H groups in total. The number of aliphatic hydroxyl groups excluding tert-OH is 1. The maximum Gasteiger partial charge on any atom is 0.302 e. The first-order chi connectivity index (χ1) is 15.3. The Labute approximate surface area is 190 Å². The molecule has 7 nitrogen and oxygen atoms in total. The average Bonchev–Trinajstić information content (AvgIpc) is 3.19. The zero-order valence-electron chi connectivity index (χ0n) is 19.8. The third-order valence-corrected chi connectivity index (χ3v) is 11.3. The molecular formula is C25H39NO6. The molecule has 0 aromatic rings. The Morgan fingerprint density at radius 3 is 2.62 bits per heavy atom. The zero-order valence-corrected chi connectivity index (χ0v) is 19.8. The van der Waals surface area contributed by atoms with Crippen LogP contribution in [-0.2, 0) is 19.0 Å². The summed E-state index contributed by atoms with van der Waals surface area (Å²) in [5, 5.41) is 23.9. The van der Waals surface area contributed by atoms with Crippen molar-refractivity contribution in [2.45, 2.75) is 75.9 Å². The van der Waals surface area contributed by atoms with E-state index in [-0.39, 0.29) is 58.7 Å². The van der Waals surface area contributed by atoms with E-state index in [9.17, 15) is 15.0 Å². The van der Waals surface area contributed by atoms with Crippen LogP contribution in [-0.4, -0.2) is 85.0 Å². The van der Waals surface area contributed by atoms with Gasteiger partial charge in [-0.1, -0.05) is 6.92 Å². The Morgan fingerprint density at radius 1 is 1.19 bits per heavy atom. The van der Waals surface area contributed by atoms with E-state index in [1.54, 1.807) is 7.11 Å². The molecule has 1 aliphatic heterocycles. The third kappa shape index (κ3) is 2.28. The first-order valence-electron chi connectivity index (χ1n) is 12.6. The van der Waals surface area contributed by atoms with Gasteiger partial charge in [-0.05, 0) is 44.1 Å². The smallest absolute Gasteiger partial charge is 0.302 e. The lowest BCUT2D eigenvalue weighted by molar-refractivity contribution is -0.276. The van der Waals surface area contributed by atoms with E-state index in [1.807, 2.05) is 7.11 Å². The highest BCUT2D eigenvalue weighted by Crippen LogP contribution is 2.79. The molecule has 12 atom stereocenters. The van der Waals surface area contributed by atoms with Gasteiger partial charge in [0.2, 0.25) is 0 Å². The summed E-state index contributed by atoms with van der Waals surface area (Å²) < 4.78 is 17.9. The largest absolute Gasteiger partial charge is 0.465 e. The molecule has 7 heteroatoms. The van der Waals surface area contributed by atoms with E-state index < -0.39 is 11.7 Å². The molecule has 6 aliphatic rings. The molecule has 0 aromatic carbocycles. The number of ether oxygens (including phenoxy) is 3. The van der Waals surface area contributed by atoms with Crippen molar-refractivity contribution in [2.24, 2.45) is 40.4 Å². The highest BCUT2D eigenvalue weighted by Gasteiger charge is 2.83. The van der Waals surface area contributed by atoms with Crippen LogP contribution < -0.4 is 0 Å². The summed E-state index contributed by atoms with van der Waals surface area (Å²) in [6.07, 6.45) is 3.81. The summed E-state index contributed by atoms with van der Waals surface area (Å²) in [6, 6.07) is 0.237. The molecule has 5 aliphatic carbocycles. The molecule has 180 valence electrons. The third-order valence-electron chi connectivity index (χ3n) is 11.3. The van der Waals surface area contributed by atoms with Crippen LogP contribution in [0.3, 0.4) is 0 Å². The molecule has 32 heavy (non-hydrogen) atoms. The summed E-state index contributed by atoms with van der Waals surface area (Å²) in [7, 11) is 3.56. The maximum absolute atomic E-state index is 12.4. The monoisotopic (exact) mass is 449 g/mol. The Balaban J connectivity index is 1.55. The van der Waals surface area contributed by atoms with Gasteiger partial charge in [-0.15, -0.1) is 0 Å². The number of nitrogens with zero attached hydrogens (tertiary/aromatic N) is 1. The maximum atomic E-state index is 12.4. The fraction of sp³-hybridized carbons (Fsp3) is 0.960. The number of carbonyl (C=O) groups excluding carboxylic acids is 1. The summed E-state index contributed by atoms with van der Waals surface area (Å²) in [5.41, 5.74) is -1.16. The summed E-state index contributed by atoms with van der Waals surface area (Å²) in [5.74, 6) is 0.333. The minimum atomic E-state index is -0.922. The van der Waals surface area contributed by atoms with Gasteiger partial charge >= 0.3 is 5.97 Å². The number of carbonyl (C=O) groups is 1. The van der Waals surface area contributed by atoms with Gasteiger partial charge in [-0.3, -0.25) is 9.69 Å². The topological polar surface area (TPSA) is 88.5 Å². The average molecular weight is 450 g/mol. The molecule has 1 spiro atoms. The fourth-order valence-electron chi connectivity index (χ4n) is 10.6. The summed E-state index contributed by atoms with van der Waals surface area (Å²) in [6.45, 7) is 5.97. The molecule has 0 amide bonds. The minimum absolute atomic E-state index is 0.0714. The molecule has 1 saturated heterocycles. The van der Waals surface area contributed by atoms with Gasteiger partial charge in [-0.25, -0.2) is 0 Å². The molecule has 0 radical (unpaired) electrons. The van der Waals surface area contributed by atoms with Crippen molar-refractivity contribution in [1.82, 2.24) is 4.90 Å². The number of fused-ring (bicyclic) bond motifs is 2. The minimum Gasteiger partial charge on any atom is -0.465 e. The second kappa shape index (κ2) is 6.91. The van der Waals surface area contributed by atoms with Gasteiger partial charge in [-0.2, -0.15) is 0 Å². The van der Waals surface area contributed by atoms with Crippen molar-refractivity contribution < 1.29 is 29.2 Å². The molecule has 0 aromatic heterocycles. The van der Waals surface area contributed by atoms with Crippen LogP contribution in [0.4, 0.5) is 0 Å². The van der Waals surface area contributed by atoms with Crippen molar-refractivity contribution in [3.63, 3.8) is 0 Å². The first-order valence-corrected chi connectivity index (χ1v) is 12.6. The van der Waals surface area contributed by atoms with Crippen LogP contribution in [0.2, 0.25) is 0 Å². The van der Waals surface area contributed by atoms with E-state index in [4.69, 9.17) is 14.2 Å². The number of esters is 1. The number of hydrogen-bond donors (Lipinski definition) is 2. The van der Waals surface area contributed by atoms with Crippen molar-refractivity contribution in [3.8, 4) is 0 Å². The molecule has 0 unspecified atom stereocenters.